The maximum absolute atomic E-state index is 14.4. The van der Waals surface area contributed by atoms with Gasteiger partial charge in [0.25, 0.3) is 15.9 Å². The number of rotatable bonds is 12. The summed E-state index contributed by atoms with van der Waals surface area (Å²) in [5.74, 6) is 0.368. The number of benzene rings is 2. The summed E-state index contributed by atoms with van der Waals surface area (Å²) in [4.78, 5) is 44.8. The van der Waals surface area contributed by atoms with Crippen LogP contribution in [0.5, 0.6) is 5.88 Å². The number of fused-ring (bicyclic) bond motifs is 2. The summed E-state index contributed by atoms with van der Waals surface area (Å²) in [6.07, 6.45) is 15.9. The molecule has 3 aliphatic carbocycles. The minimum atomic E-state index is -4.63. The smallest absolute Gasteiger partial charge is 0.312 e. The fourth-order valence-electron chi connectivity index (χ4n) is 11.9. The van der Waals surface area contributed by atoms with Gasteiger partial charge in [-0.1, -0.05) is 24.3 Å². The van der Waals surface area contributed by atoms with Crippen LogP contribution in [0.4, 0.5) is 28.6 Å². The molecule has 2 saturated heterocycles. The number of hydrogen-bond donors (Lipinski definition) is 4. The standard InChI is InChI=1S/C51H61N9O7S/c1-50(62)16-13-33(14-17-50)31-53-47-44(60(63)64)28-38(32-54-47)68(65,66)56-48(61)41-12-11-36(27-43(41)59-22-5-25-67-49-45(59)26-35-15-20-52-46(35)55-49)57-23-18-51(19-24-57)29-37(30-51)58-21-4-8-42(58)40-7-3-2-6-39(40)34-9-10-34/h2-3,6-7,11-12,15,20,26-28,32-34,37,42,62H,4-5,8-10,13-14,16-19,21-25,29-31H2,1H3,(H,52,55)(H,53,54)(H,56,61)/t33?,42-,50?/m0/s1. The lowest BCUT2D eigenvalue weighted by molar-refractivity contribution is -0.384. The number of nitrogens with one attached hydrogen (secondary N) is 3. The van der Waals surface area contributed by atoms with Gasteiger partial charge in [-0.15, -0.1) is 0 Å². The largest absolute Gasteiger partial charge is 0.476 e. The maximum Gasteiger partial charge on any atom is 0.312 e. The third kappa shape index (κ3) is 8.77. The Kier molecular flexibility index (Phi) is 11.6. The fraction of sp³-hybridized carbons (Fsp3) is 0.510. The molecule has 5 fully saturated rings. The highest BCUT2D eigenvalue weighted by atomic mass is 32.2. The molecule has 1 amide bonds. The van der Waals surface area contributed by atoms with Crippen molar-refractivity contribution in [1.82, 2.24) is 24.6 Å². The van der Waals surface area contributed by atoms with Crippen molar-refractivity contribution in [2.45, 2.75) is 119 Å². The summed E-state index contributed by atoms with van der Waals surface area (Å²) in [6, 6.07) is 20.7. The molecule has 16 nitrogen and oxygen atoms in total. The number of ether oxygens (including phenoxy) is 1. The molecule has 1 spiro atoms. The first-order valence-electron chi connectivity index (χ1n) is 24.6. The van der Waals surface area contributed by atoms with Crippen molar-refractivity contribution in [3.8, 4) is 5.88 Å². The molecular formula is C51H61N9O7S. The zero-order valence-corrected chi connectivity index (χ0v) is 39.5. The second-order valence-electron chi connectivity index (χ2n) is 20.7. The summed E-state index contributed by atoms with van der Waals surface area (Å²) in [5.41, 5.74) is 5.08. The molecule has 0 unspecified atom stereocenters. The maximum atomic E-state index is 14.4. The summed E-state index contributed by atoms with van der Waals surface area (Å²) in [6.45, 7) is 5.97. The Morgan fingerprint density at radius 3 is 2.49 bits per heavy atom. The second kappa shape index (κ2) is 17.6. The van der Waals surface area contributed by atoms with E-state index in [1.807, 2.05) is 42.3 Å². The first-order chi connectivity index (χ1) is 32.8. The Balaban J connectivity index is 0.830. The topological polar surface area (TPSA) is 199 Å². The Morgan fingerprint density at radius 2 is 1.72 bits per heavy atom. The molecular weight excluding hydrogens is 883 g/mol. The van der Waals surface area contributed by atoms with E-state index in [0.717, 1.165) is 68.0 Å². The van der Waals surface area contributed by atoms with Crippen LogP contribution in [0.1, 0.15) is 124 Å². The first kappa shape index (κ1) is 44.7. The summed E-state index contributed by atoms with van der Waals surface area (Å²) in [7, 11) is -4.63. The van der Waals surface area contributed by atoms with E-state index < -0.39 is 37.0 Å². The Morgan fingerprint density at radius 1 is 0.941 bits per heavy atom. The number of likely N-dealkylation sites (tertiary alicyclic amines) is 1. The van der Waals surface area contributed by atoms with E-state index in [2.05, 4.69) is 54.1 Å². The van der Waals surface area contributed by atoms with Crippen LogP contribution in [0, 0.1) is 21.4 Å². The van der Waals surface area contributed by atoms with Gasteiger partial charge in [-0.25, -0.2) is 18.1 Å². The third-order valence-electron chi connectivity index (χ3n) is 16.0. The van der Waals surface area contributed by atoms with Crippen molar-refractivity contribution >= 4 is 55.5 Å². The van der Waals surface area contributed by atoms with E-state index in [0.29, 0.717) is 79.4 Å². The number of amides is 1. The number of carbonyl (C=O) groups excluding carboxylic acids is 1. The van der Waals surface area contributed by atoms with Gasteiger partial charge in [-0.05, 0) is 156 Å². The van der Waals surface area contributed by atoms with E-state index in [-0.39, 0.29) is 17.3 Å². The number of aliphatic hydroxyl groups is 1. The minimum absolute atomic E-state index is 0.0611. The van der Waals surface area contributed by atoms with E-state index in [1.165, 1.54) is 45.1 Å². The van der Waals surface area contributed by atoms with Crippen LogP contribution in [0.3, 0.4) is 0 Å². The van der Waals surface area contributed by atoms with Crippen molar-refractivity contribution in [2.75, 3.05) is 54.4 Å². The van der Waals surface area contributed by atoms with Gasteiger partial charge in [0, 0.05) is 61.6 Å². The Bertz CT molecular complexity index is 2840. The molecule has 6 aliphatic rings. The molecule has 3 saturated carbocycles. The molecule has 17 heteroatoms. The van der Waals surface area contributed by atoms with Crippen LogP contribution in [-0.2, 0) is 10.0 Å². The van der Waals surface area contributed by atoms with Crippen LogP contribution < -0.4 is 24.6 Å². The summed E-state index contributed by atoms with van der Waals surface area (Å²) in [5, 5.41) is 26.5. The van der Waals surface area contributed by atoms with Crippen LogP contribution in [-0.4, -0.2) is 95.2 Å². The Hall–Kier alpha value is -5.78. The molecule has 1 atom stereocenters. The first-order valence-corrected chi connectivity index (χ1v) is 26.1. The van der Waals surface area contributed by atoms with Gasteiger partial charge in [0.1, 0.15) is 16.2 Å². The predicted molar refractivity (Wildman–Crippen MR) is 260 cm³/mol. The van der Waals surface area contributed by atoms with Gasteiger partial charge in [-0.3, -0.25) is 19.8 Å². The number of nitrogens with zero attached hydrogens (tertiary/aromatic N) is 6. The highest BCUT2D eigenvalue weighted by Crippen LogP contribution is 2.55. The lowest BCUT2D eigenvalue weighted by atomic mass is 9.59. The lowest BCUT2D eigenvalue weighted by Gasteiger charge is -2.56. The van der Waals surface area contributed by atoms with Gasteiger partial charge in [0.05, 0.1) is 34.6 Å². The molecule has 11 rings (SSSR count). The van der Waals surface area contributed by atoms with Crippen LogP contribution in [0.25, 0.3) is 11.0 Å². The number of pyridine rings is 2. The number of sulfonamides is 1. The number of hydrogen-bond acceptors (Lipinski definition) is 13. The number of aromatic amines is 1. The molecule has 5 aromatic rings. The van der Waals surface area contributed by atoms with Crippen molar-refractivity contribution in [3.63, 3.8) is 0 Å². The molecule has 2 aromatic carbocycles. The van der Waals surface area contributed by atoms with Crippen molar-refractivity contribution in [1.29, 1.82) is 0 Å². The second-order valence-corrected chi connectivity index (χ2v) is 22.4. The number of anilines is 4. The van der Waals surface area contributed by atoms with Crippen molar-refractivity contribution < 1.29 is 28.0 Å². The van der Waals surface area contributed by atoms with Gasteiger partial charge in [0.2, 0.25) is 11.7 Å². The SMILES string of the molecule is CC1(O)CCC(CNc2ncc(S(=O)(=O)NC(=O)c3ccc(N4CCC5(CC4)CC(N4CCC[C@H]4c4ccccc4C4CC4)C5)cc3N3CCCOc4nc5[nH]ccc5cc43)cc2[N+](=O)[O-])CC1. The lowest BCUT2D eigenvalue weighted by Crippen LogP contribution is -2.55. The zero-order chi connectivity index (χ0) is 46.8. The number of aromatic nitrogens is 3. The Labute approximate surface area is 397 Å². The normalized spacial score (nSPS) is 24.3. The number of nitro groups is 1. The molecule has 3 aromatic heterocycles. The average Bonchev–Trinajstić information content (AvgIpc) is 3.95. The monoisotopic (exact) mass is 943 g/mol. The quantitative estimate of drug-likeness (QED) is 0.0685. The van der Waals surface area contributed by atoms with Gasteiger partial charge < -0.3 is 29.9 Å². The average molecular weight is 944 g/mol. The molecule has 68 heavy (non-hydrogen) atoms. The van der Waals surface area contributed by atoms with Crippen molar-refractivity contribution in [2.24, 2.45) is 11.3 Å². The van der Waals surface area contributed by atoms with Crippen LogP contribution in [0.2, 0.25) is 0 Å². The van der Waals surface area contributed by atoms with Crippen molar-refractivity contribution in [3.05, 3.63) is 99.9 Å². The molecule has 0 radical (unpaired) electrons. The molecule has 0 bridgehead atoms. The van der Waals surface area contributed by atoms with Gasteiger partial charge in [0.15, 0.2) is 0 Å². The number of H-pyrrole nitrogens is 1. The highest BCUT2D eigenvalue weighted by molar-refractivity contribution is 7.90. The fourth-order valence-corrected chi connectivity index (χ4v) is 12.9. The minimum Gasteiger partial charge on any atom is -0.476 e. The van der Waals surface area contributed by atoms with Crippen LogP contribution >= 0.6 is 0 Å². The predicted octanol–water partition coefficient (Wildman–Crippen LogP) is 8.72. The summed E-state index contributed by atoms with van der Waals surface area (Å²) < 4.78 is 36.3. The molecule has 358 valence electrons. The molecule has 3 aliphatic heterocycles. The number of piperidine rings is 1. The number of carbonyl (C=O) groups is 1. The van der Waals surface area contributed by atoms with E-state index in [1.54, 1.807) is 17.2 Å². The zero-order valence-electron chi connectivity index (χ0n) is 38.7. The third-order valence-corrected chi connectivity index (χ3v) is 17.3. The van der Waals surface area contributed by atoms with E-state index in [4.69, 9.17) is 9.72 Å². The molecule has 4 N–H and O–H groups in total. The van der Waals surface area contributed by atoms with E-state index in [9.17, 15) is 28.4 Å². The van der Waals surface area contributed by atoms with Gasteiger partial charge in [-0.2, -0.15) is 4.98 Å². The highest BCUT2D eigenvalue weighted by Gasteiger charge is 2.50. The summed E-state index contributed by atoms with van der Waals surface area (Å²) >= 11 is 0. The van der Waals surface area contributed by atoms with Crippen LogP contribution in [0.15, 0.2) is 78.0 Å². The van der Waals surface area contributed by atoms with Gasteiger partial charge >= 0.3 is 5.69 Å². The van der Waals surface area contributed by atoms with E-state index >= 15 is 0 Å². The molecule has 6 heterocycles.